The number of benzene rings is 1. The van der Waals surface area contributed by atoms with Crippen molar-refractivity contribution < 1.29 is 8.42 Å². The molecule has 5 heteroatoms. The van der Waals surface area contributed by atoms with Crippen LogP contribution in [0.1, 0.15) is 25.7 Å². The third-order valence-electron chi connectivity index (χ3n) is 4.17. The first-order chi connectivity index (χ1) is 8.54. The molecule has 0 spiro atoms. The number of fused-ring (bicyclic) bond motifs is 2. The van der Waals surface area contributed by atoms with Crippen LogP contribution >= 0.6 is 11.6 Å². The van der Waals surface area contributed by atoms with Gasteiger partial charge in [-0.05, 0) is 55.4 Å². The lowest BCUT2D eigenvalue weighted by Crippen LogP contribution is -2.38. The molecule has 2 bridgehead atoms. The molecule has 3 rings (SSSR count). The molecule has 0 aliphatic heterocycles. The van der Waals surface area contributed by atoms with E-state index in [0.29, 0.717) is 15.8 Å². The van der Waals surface area contributed by atoms with Gasteiger partial charge in [0.2, 0.25) is 10.0 Å². The van der Waals surface area contributed by atoms with Crippen molar-refractivity contribution in [1.29, 1.82) is 0 Å². The van der Waals surface area contributed by atoms with Crippen molar-refractivity contribution in [2.75, 3.05) is 0 Å². The number of halogens is 1. The third-order valence-corrected chi connectivity index (χ3v) is 5.93. The van der Waals surface area contributed by atoms with Crippen LogP contribution in [0.3, 0.4) is 0 Å². The van der Waals surface area contributed by atoms with Gasteiger partial charge >= 0.3 is 0 Å². The molecular weight excluding hydrogens is 270 g/mol. The Morgan fingerprint density at radius 2 is 1.83 bits per heavy atom. The quantitative estimate of drug-likeness (QED) is 0.928. The molecule has 0 aromatic heterocycles. The smallest absolute Gasteiger partial charge is 0.208 e. The maximum Gasteiger partial charge on any atom is 0.240 e. The van der Waals surface area contributed by atoms with Gasteiger partial charge in [0, 0.05) is 11.1 Å². The lowest BCUT2D eigenvalue weighted by Gasteiger charge is -2.22. The summed E-state index contributed by atoms with van der Waals surface area (Å²) in [6, 6.07) is 6.45. The fraction of sp³-hybridized carbons (Fsp3) is 0.538. The standard InChI is InChI=1S/C13H16ClNO2S/c14-11-3-5-12(6-4-11)18(16,17)15-13-8-9-1-2-10(13)7-9/h3-6,9-10,13,15H,1-2,7-8H2/t9-,10+,13+/m1/s1. The Balaban J connectivity index is 1.77. The molecule has 2 aliphatic carbocycles. The van der Waals surface area contributed by atoms with Crippen molar-refractivity contribution in [2.45, 2.75) is 36.6 Å². The Labute approximate surface area is 113 Å². The zero-order valence-electron chi connectivity index (χ0n) is 9.97. The second kappa shape index (κ2) is 4.51. The van der Waals surface area contributed by atoms with E-state index >= 15 is 0 Å². The topological polar surface area (TPSA) is 46.2 Å². The first kappa shape index (κ1) is 12.5. The minimum Gasteiger partial charge on any atom is -0.208 e. The lowest BCUT2D eigenvalue weighted by atomic mass is 9.96. The van der Waals surface area contributed by atoms with Crippen molar-refractivity contribution in [1.82, 2.24) is 4.72 Å². The molecule has 1 aromatic carbocycles. The average molecular weight is 286 g/mol. The van der Waals surface area contributed by atoms with Crippen LogP contribution in [0, 0.1) is 11.8 Å². The van der Waals surface area contributed by atoms with Crippen molar-refractivity contribution in [3.05, 3.63) is 29.3 Å². The van der Waals surface area contributed by atoms with E-state index in [9.17, 15) is 8.42 Å². The number of sulfonamides is 1. The van der Waals surface area contributed by atoms with Crippen molar-refractivity contribution in [2.24, 2.45) is 11.8 Å². The highest BCUT2D eigenvalue weighted by atomic mass is 35.5. The van der Waals surface area contributed by atoms with Gasteiger partial charge in [-0.15, -0.1) is 0 Å². The van der Waals surface area contributed by atoms with Crippen LogP contribution in [-0.2, 0) is 10.0 Å². The molecule has 0 radical (unpaired) electrons. The normalized spacial score (nSPS) is 30.8. The molecule has 0 amide bonds. The number of hydrogen-bond donors (Lipinski definition) is 1. The molecule has 0 unspecified atom stereocenters. The Kier molecular flexibility index (Phi) is 3.12. The van der Waals surface area contributed by atoms with E-state index in [0.717, 1.165) is 12.3 Å². The minimum atomic E-state index is -3.39. The maximum atomic E-state index is 12.2. The highest BCUT2D eigenvalue weighted by Gasteiger charge is 2.41. The van der Waals surface area contributed by atoms with Crippen LogP contribution in [0.5, 0.6) is 0 Å². The number of hydrogen-bond acceptors (Lipinski definition) is 2. The summed E-state index contributed by atoms with van der Waals surface area (Å²) < 4.78 is 27.3. The highest BCUT2D eigenvalue weighted by molar-refractivity contribution is 7.89. The number of nitrogens with one attached hydrogen (secondary N) is 1. The van der Waals surface area contributed by atoms with Crippen molar-refractivity contribution >= 4 is 21.6 Å². The monoisotopic (exact) mass is 285 g/mol. The van der Waals surface area contributed by atoms with Crippen LogP contribution in [0.2, 0.25) is 5.02 Å². The Bertz CT molecular complexity index is 541. The lowest BCUT2D eigenvalue weighted by molar-refractivity contribution is 0.390. The van der Waals surface area contributed by atoms with Gasteiger partial charge < -0.3 is 0 Å². The predicted octanol–water partition coefficient (Wildman–Crippen LogP) is 2.81. The van der Waals surface area contributed by atoms with Crippen LogP contribution in [0.25, 0.3) is 0 Å². The van der Waals surface area contributed by atoms with Gasteiger partial charge in [0.15, 0.2) is 0 Å². The first-order valence-electron chi connectivity index (χ1n) is 6.32. The van der Waals surface area contributed by atoms with Gasteiger partial charge in [0.25, 0.3) is 0 Å². The molecule has 2 aliphatic rings. The second-order valence-electron chi connectivity index (χ2n) is 5.36. The molecule has 18 heavy (non-hydrogen) atoms. The summed E-state index contributed by atoms with van der Waals surface area (Å²) in [5, 5.41) is 0.550. The SMILES string of the molecule is O=S(=O)(N[C@H]1C[C@@H]2CC[C@H]1C2)c1ccc(Cl)cc1. The summed E-state index contributed by atoms with van der Waals surface area (Å²) in [6.07, 6.45) is 4.62. The van der Waals surface area contributed by atoms with E-state index < -0.39 is 10.0 Å². The molecule has 98 valence electrons. The first-order valence-corrected chi connectivity index (χ1v) is 8.18. The molecule has 1 aromatic rings. The number of rotatable bonds is 3. The summed E-state index contributed by atoms with van der Waals surface area (Å²) >= 11 is 5.77. The van der Waals surface area contributed by atoms with E-state index in [-0.39, 0.29) is 6.04 Å². The minimum absolute atomic E-state index is 0.129. The third kappa shape index (κ3) is 2.29. The predicted molar refractivity (Wildman–Crippen MR) is 71.0 cm³/mol. The molecule has 3 nitrogen and oxygen atoms in total. The van der Waals surface area contributed by atoms with Crippen molar-refractivity contribution in [3.63, 3.8) is 0 Å². The van der Waals surface area contributed by atoms with Crippen LogP contribution in [-0.4, -0.2) is 14.5 Å². The van der Waals surface area contributed by atoms with Gasteiger partial charge in [-0.3, -0.25) is 0 Å². The molecule has 2 fully saturated rings. The Morgan fingerprint density at radius 3 is 2.39 bits per heavy atom. The maximum absolute atomic E-state index is 12.2. The van der Waals surface area contributed by atoms with E-state index in [1.165, 1.54) is 19.3 Å². The van der Waals surface area contributed by atoms with Gasteiger partial charge in [-0.1, -0.05) is 18.0 Å². The van der Waals surface area contributed by atoms with Crippen LogP contribution in [0.15, 0.2) is 29.2 Å². The second-order valence-corrected chi connectivity index (χ2v) is 7.51. The average Bonchev–Trinajstić information content (AvgIpc) is 2.91. The van der Waals surface area contributed by atoms with Gasteiger partial charge in [0.05, 0.1) is 4.90 Å². The molecule has 1 N–H and O–H groups in total. The van der Waals surface area contributed by atoms with Gasteiger partial charge in [-0.2, -0.15) is 0 Å². The largest absolute Gasteiger partial charge is 0.240 e. The van der Waals surface area contributed by atoms with Gasteiger partial charge in [0.1, 0.15) is 0 Å². The van der Waals surface area contributed by atoms with E-state index in [1.54, 1.807) is 24.3 Å². The summed E-state index contributed by atoms with van der Waals surface area (Å²) in [4.78, 5) is 0.301. The molecular formula is C13H16ClNO2S. The summed E-state index contributed by atoms with van der Waals surface area (Å²) in [7, 11) is -3.39. The fourth-order valence-corrected chi connectivity index (χ4v) is 4.71. The Morgan fingerprint density at radius 1 is 1.11 bits per heavy atom. The van der Waals surface area contributed by atoms with Crippen molar-refractivity contribution in [3.8, 4) is 0 Å². The fourth-order valence-electron chi connectivity index (χ4n) is 3.27. The summed E-state index contributed by atoms with van der Waals surface area (Å²) in [5.41, 5.74) is 0. The van der Waals surface area contributed by atoms with E-state index in [1.807, 2.05) is 0 Å². The van der Waals surface area contributed by atoms with E-state index in [2.05, 4.69) is 4.72 Å². The van der Waals surface area contributed by atoms with Crippen LogP contribution < -0.4 is 4.72 Å². The summed E-state index contributed by atoms with van der Waals surface area (Å²) in [6.45, 7) is 0. The Hall–Kier alpha value is -0.580. The molecule has 3 atom stereocenters. The molecule has 0 heterocycles. The highest BCUT2D eigenvalue weighted by Crippen LogP contribution is 2.44. The summed E-state index contributed by atoms with van der Waals surface area (Å²) in [5.74, 6) is 1.27. The zero-order chi connectivity index (χ0) is 12.8. The zero-order valence-corrected chi connectivity index (χ0v) is 11.5. The van der Waals surface area contributed by atoms with Crippen LogP contribution in [0.4, 0.5) is 0 Å². The molecule has 0 saturated heterocycles. The molecule has 2 saturated carbocycles. The van der Waals surface area contributed by atoms with Gasteiger partial charge in [-0.25, -0.2) is 13.1 Å². The van der Waals surface area contributed by atoms with E-state index in [4.69, 9.17) is 11.6 Å².